The minimum absolute atomic E-state index is 0.0637. The fourth-order valence-corrected chi connectivity index (χ4v) is 2.58. The smallest absolute Gasteiger partial charge is 0.215 e. The maximum atomic E-state index is 11.5. The van der Waals surface area contributed by atoms with Crippen LogP contribution >= 0.6 is 11.6 Å². The van der Waals surface area contributed by atoms with Crippen molar-refractivity contribution in [3.8, 4) is 0 Å². The molecule has 4 nitrogen and oxygen atoms in total. The van der Waals surface area contributed by atoms with Crippen molar-refractivity contribution in [3.05, 3.63) is 0 Å². The molecule has 1 N–H and O–H groups in total. The van der Waals surface area contributed by atoms with Crippen molar-refractivity contribution in [3.63, 3.8) is 0 Å². The number of aliphatic hydroxyl groups excluding tert-OH is 1. The Kier molecular flexibility index (Phi) is 4.65. The highest BCUT2D eigenvalue weighted by molar-refractivity contribution is 7.89. The molecule has 0 saturated heterocycles. The Labute approximate surface area is 84.5 Å². The Hall–Kier alpha value is 0.160. The van der Waals surface area contributed by atoms with Gasteiger partial charge >= 0.3 is 0 Å². The van der Waals surface area contributed by atoms with Crippen LogP contribution in [-0.2, 0) is 10.0 Å². The molecule has 0 amide bonds. The number of rotatable bonds is 5. The molecule has 13 heavy (non-hydrogen) atoms. The van der Waals surface area contributed by atoms with E-state index in [9.17, 15) is 8.42 Å². The third-order valence-corrected chi connectivity index (χ3v) is 4.45. The maximum Gasteiger partial charge on any atom is 0.215 e. The van der Waals surface area contributed by atoms with Gasteiger partial charge in [-0.1, -0.05) is 0 Å². The summed E-state index contributed by atoms with van der Waals surface area (Å²) in [6, 6.07) is 0. The average Bonchev–Trinajstić information content (AvgIpc) is 2.03. The van der Waals surface area contributed by atoms with Crippen molar-refractivity contribution in [2.75, 3.05) is 25.3 Å². The Balaban J connectivity index is 4.69. The van der Waals surface area contributed by atoms with E-state index in [-0.39, 0.29) is 18.2 Å². The minimum Gasteiger partial charge on any atom is -0.394 e. The van der Waals surface area contributed by atoms with E-state index in [4.69, 9.17) is 16.7 Å². The summed E-state index contributed by atoms with van der Waals surface area (Å²) in [6.07, 6.45) is 0. The van der Waals surface area contributed by atoms with Gasteiger partial charge in [-0.3, -0.25) is 0 Å². The van der Waals surface area contributed by atoms with Crippen LogP contribution in [-0.4, -0.2) is 48.7 Å². The first-order chi connectivity index (χ1) is 5.78. The lowest BCUT2D eigenvalue weighted by atomic mass is 10.1. The van der Waals surface area contributed by atoms with Crippen molar-refractivity contribution in [2.45, 2.75) is 19.4 Å². The van der Waals surface area contributed by atoms with Crippen LogP contribution in [0.2, 0.25) is 0 Å². The summed E-state index contributed by atoms with van der Waals surface area (Å²) < 4.78 is 24.1. The number of halogens is 1. The molecule has 6 heteroatoms. The molecule has 0 fully saturated rings. The highest BCUT2D eigenvalue weighted by atomic mass is 35.5. The number of nitrogens with zero attached hydrogens (tertiary/aromatic N) is 1. The summed E-state index contributed by atoms with van der Waals surface area (Å²) in [7, 11) is -1.90. The molecule has 80 valence electrons. The van der Waals surface area contributed by atoms with E-state index in [1.54, 1.807) is 13.8 Å². The van der Waals surface area contributed by atoms with E-state index >= 15 is 0 Å². The molecule has 0 aromatic heterocycles. The SMILES string of the molecule is CN(C(C)(C)CO)S(=O)(=O)CCCl. The van der Waals surface area contributed by atoms with E-state index in [1.807, 2.05) is 0 Å². The molecule has 0 rings (SSSR count). The highest BCUT2D eigenvalue weighted by Gasteiger charge is 2.31. The summed E-state index contributed by atoms with van der Waals surface area (Å²) in [4.78, 5) is 0. The zero-order chi connectivity index (χ0) is 10.7. The standard InChI is InChI=1S/C7H16ClNO3S/c1-7(2,6-10)9(3)13(11,12)5-4-8/h10H,4-6H2,1-3H3. The molecule has 0 aliphatic rings. The van der Waals surface area contributed by atoms with Gasteiger partial charge in [0.15, 0.2) is 0 Å². The second kappa shape index (κ2) is 4.59. The zero-order valence-electron chi connectivity index (χ0n) is 8.12. The van der Waals surface area contributed by atoms with E-state index in [1.165, 1.54) is 7.05 Å². The lowest BCUT2D eigenvalue weighted by Crippen LogP contribution is -2.48. The normalized spacial score (nSPS) is 13.7. The average molecular weight is 230 g/mol. The molecule has 0 aromatic carbocycles. The van der Waals surface area contributed by atoms with Crippen molar-refractivity contribution >= 4 is 21.6 Å². The fraction of sp³-hybridized carbons (Fsp3) is 1.00. The molecule has 0 saturated carbocycles. The molecule has 0 aliphatic heterocycles. The molecule has 0 spiro atoms. The Morgan fingerprint density at radius 2 is 1.92 bits per heavy atom. The molecule has 0 atom stereocenters. The number of aliphatic hydroxyl groups is 1. The second-order valence-corrected chi connectivity index (χ2v) is 5.94. The molecule has 0 heterocycles. The number of hydrogen-bond acceptors (Lipinski definition) is 3. The number of alkyl halides is 1. The lowest BCUT2D eigenvalue weighted by molar-refractivity contribution is 0.138. The van der Waals surface area contributed by atoms with E-state index < -0.39 is 15.6 Å². The molecule has 0 bridgehead atoms. The summed E-state index contributed by atoms with van der Waals surface area (Å²) in [5, 5.41) is 8.96. The second-order valence-electron chi connectivity index (χ2n) is 3.44. The van der Waals surface area contributed by atoms with E-state index in [2.05, 4.69) is 0 Å². The van der Waals surface area contributed by atoms with Gasteiger partial charge in [0.1, 0.15) is 0 Å². The van der Waals surface area contributed by atoms with E-state index in [0.29, 0.717) is 0 Å². The first kappa shape index (κ1) is 13.2. The number of sulfonamides is 1. The van der Waals surface area contributed by atoms with Crippen LogP contribution in [0.5, 0.6) is 0 Å². The van der Waals surface area contributed by atoms with Crippen LogP contribution in [0.25, 0.3) is 0 Å². The Morgan fingerprint density at radius 1 is 1.46 bits per heavy atom. The van der Waals surface area contributed by atoms with E-state index in [0.717, 1.165) is 4.31 Å². The third kappa shape index (κ3) is 3.42. The van der Waals surface area contributed by atoms with Crippen LogP contribution in [0.1, 0.15) is 13.8 Å². The molecule has 0 radical (unpaired) electrons. The van der Waals surface area contributed by atoms with Crippen LogP contribution in [0.4, 0.5) is 0 Å². The van der Waals surface area contributed by atoms with Crippen molar-refractivity contribution < 1.29 is 13.5 Å². The molecule has 0 aromatic rings. The first-order valence-electron chi connectivity index (χ1n) is 3.91. The van der Waals surface area contributed by atoms with Gasteiger partial charge in [-0.25, -0.2) is 8.42 Å². The Morgan fingerprint density at radius 3 is 2.23 bits per heavy atom. The van der Waals surface area contributed by atoms with Crippen LogP contribution in [0.3, 0.4) is 0 Å². The van der Waals surface area contributed by atoms with Crippen molar-refractivity contribution in [1.82, 2.24) is 4.31 Å². The van der Waals surface area contributed by atoms with Crippen LogP contribution in [0, 0.1) is 0 Å². The predicted molar refractivity (Wildman–Crippen MR) is 53.4 cm³/mol. The largest absolute Gasteiger partial charge is 0.394 e. The molecular formula is C7H16ClNO3S. The van der Waals surface area contributed by atoms with Gasteiger partial charge in [-0.2, -0.15) is 4.31 Å². The summed E-state index contributed by atoms with van der Waals surface area (Å²) in [5.74, 6) is -0.0390. The number of hydrogen-bond donors (Lipinski definition) is 1. The maximum absolute atomic E-state index is 11.5. The molecular weight excluding hydrogens is 214 g/mol. The molecule has 0 unspecified atom stereocenters. The minimum atomic E-state index is -3.34. The monoisotopic (exact) mass is 229 g/mol. The Bertz CT molecular complexity index is 250. The fourth-order valence-electron chi connectivity index (χ4n) is 0.711. The van der Waals surface area contributed by atoms with Gasteiger partial charge in [-0.05, 0) is 13.8 Å². The van der Waals surface area contributed by atoms with Gasteiger partial charge < -0.3 is 5.11 Å². The van der Waals surface area contributed by atoms with Gasteiger partial charge in [0.05, 0.1) is 17.9 Å². The summed E-state index contributed by atoms with van der Waals surface area (Å²) in [5.41, 5.74) is -0.773. The predicted octanol–water partition coefficient (Wildman–Crippen LogP) is 0.258. The summed E-state index contributed by atoms with van der Waals surface area (Å²) >= 11 is 5.36. The van der Waals surface area contributed by atoms with Gasteiger partial charge in [0.25, 0.3) is 0 Å². The summed E-state index contributed by atoms with van der Waals surface area (Å²) in [6.45, 7) is 3.09. The van der Waals surface area contributed by atoms with Crippen molar-refractivity contribution in [2.24, 2.45) is 0 Å². The quantitative estimate of drug-likeness (QED) is 0.688. The van der Waals surface area contributed by atoms with Gasteiger partial charge in [-0.15, -0.1) is 11.6 Å². The van der Waals surface area contributed by atoms with Crippen molar-refractivity contribution in [1.29, 1.82) is 0 Å². The van der Waals surface area contributed by atoms with Crippen LogP contribution < -0.4 is 0 Å². The third-order valence-electron chi connectivity index (χ3n) is 1.99. The topological polar surface area (TPSA) is 57.6 Å². The lowest BCUT2D eigenvalue weighted by Gasteiger charge is -2.32. The highest BCUT2D eigenvalue weighted by Crippen LogP contribution is 2.15. The van der Waals surface area contributed by atoms with Crippen LogP contribution in [0.15, 0.2) is 0 Å². The van der Waals surface area contributed by atoms with Gasteiger partial charge in [0, 0.05) is 12.9 Å². The molecule has 0 aliphatic carbocycles. The zero-order valence-corrected chi connectivity index (χ0v) is 9.69. The first-order valence-corrected chi connectivity index (χ1v) is 6.06. The number of likely N-dealkylation sites (N-methyl/N-ethyl adjacent to an activating group) is 1. The van der Waals surface area contributed by atoms with Gasteiger partial charge in [0.2, 0.25) is 10.0 Å².